The SMILES string of the molecule is CC(c1cccs1)N(C)Cc1ccc(C(=O)O)s1. The number of thiophene rings is 2. The van der Waals surface area contributed by atoms with E-state index >= 15 is 0 Å². The van der Waals surface area contributed by atoms with Crippen molar-refractivity contribution in [3.8, 4) is 0 Å². The lowest BCUT2D eigenvalue weighted by molar-refractivity contribution is 0.0702. The van der Waals surface area contributed by atoms with Crippen LogP contribution in [0.2, 0.25) is 0 Å². The highest BCUT2D eigenvalue weighted by molar-refractivity contribution is 7.13. The minimum absolute atomic E-state index is 0.348. The highest BCUT2D eigenvalue weighted by Crippen LogP contribution is 2.26. The second kappa shape index (κ2) is 5.65. The maximum Gasteiger partial charge on any atom is 0.345 e. The van der Waals surface area contributed by atoms with Gasteiger partial charge in [-0.3, -0.25) is 4.90 Å². The topological polar surface area (TPSA) is 40.5 Å². The van der Waals surface area contributed by atoms with Crippen LogP contribution in [-0.2, 0) is 6.54 Å². The molecule has 0 saturated heterocycles. The van der Waals surface area contributed by atoms with Crippen LogP contribution < -0.4 is 0 Å². The second-order valence-electron chi connectivity index (χ2n) is 4.18. The molecule has 0 fully saturated rings. The standard InChI is InChI=1S/C13H15NO2S2/c1-9(11-4-3-7-17-11)14(2)8-10-5-6-12(18-10)13(15)16/h3-7,9H,8H2,1-2H3,(H,15,16). The highest BCUT2D eigenvalue weighted by atomic mass is 32.1. The summed E-state index contributed by atoms with van der Waals surface area (Å²) in [6.07, 6.45) is 0. The Morgan fingerprint density at radius 1 is 1.44 bits per heavy atom. The monoisotopic (exact) mass is 281 g/mol. The van der Waals surface area contributed by atoms with Crippen molar-refractivity contribution >= 4 is 28.6 Å². The Kier molecular flexibility index (Phi) is 4.16. The number of carbonyl (C=O) groups is 1. The van der Waals surface area contributed by atoms with Gasteiger partial charge in [0.1, 0.15) is 4.88 Å². The summed E-state index contributed by atoms with van der Waals surface area (Å²) in [6.45, 7) is 2.94. The maximum absolute atomic E-state index is 10.8. The van der Waals surface area contributed by atoms with Crippen LogP contribution in [0.15, 0.2) is 29.6 Å². The summed E-state index contributed by atoms with van der Waals surface area (Å²) in [7, 11) is 2.06. The molecule has 0 radical (unpaired) electrons. The molecule has 0 spiro atoms. The Bertz CT molecular complexity index is 519. The summed E-state index contributed by atoms with van der Waals surface area (Å²) in [4.78, 5) is 15.9. The van der Waals surface area contributed by atoms with Gasteiger partial charge in [0.25, 0.3) is 0 Å². The molecule has 0 aromatic carbocycles. The summed E-state index contributed by atoms with van der Waals surface area (Å²) in [5, 5.41) is 11.0. The number of carboxylic acids is 1. The van der Waals surface area contributed by atoms with Gasteiger partial charge in [-0.25, -0.2) is 4.79 Å². The molecule has 3 nitrogen and oxygen atoms in total. The van der Waals surface area contributed by atoms with Gasteiger partial charge < -0.3 is 5.11 Å². The van der Waals surface area contributed by atoms with E-state index in [2.05, 4.69) is 36.4 Å². The Hall–Kier alpha value is -1.17. The minimum atomic E-state index is -0.847. The van der Waals surface area contributed by atoms with Crippen molar-refractivity contribution in [2.45, 2.75) is 19.5 Å². The molecule has 2 aromatic rings. The van der Waals surface area contributed by atoms with Gasteiger partial charge in [-0.05, 0) is 37.6 Å². The second-order valence-corrected chi connectivity index (χ2v) is 6.33. The van der Waals surface area contributed by atoms with Crippen molar-refractivity contribution in [1.29, 1.82) is 0 Å². The van der Waals surface area contributed by atoms with E-state index in [4.69, 9.17) is 5.11 Å². The van der Waals surface area contributed by atoms with Gasteiger partial charge in [0, 0.05) is 22.3 Å². The number of rotatable bonds is 5. The average Bonchev–Trinajstić information content (AvgIpc) is 2.98. The molecule has 1 unspecified atom stereocenters. The van der Waals surface area contributed by atoms with Crippen LogP contribution in [0.25, 0.3) is 0 Å². The Labute approximate surface area is 114 Å². The predicted octanol–water partition coefficient (Wildman–Crippen LogP) is 3.70. The number of hydrogen-bond acceptors (Lipinski definition) is 4. The third kappa shape index (κ3) is 2.98. The summed E-state index contributed by atoms with van der Waals surface area (Å²) < 4.78 is 0. The molecule has 18 heavy (non-hydrogen) atoms. The number of carboxylic acid groups (broad SMARTS) is 1. The molecule has 1 N–H and O–H groups in total. The molecule has 96 valence electrons. The minimum Gasteiger partial charge on any atom is -0.477 e. The van der Waals surface area contributed by atoms with Crippen molar-refractivity contribution in [2.24, 2.45) is 0 Å². The average molecular weight is 281 g/mol. The molecule has 0 bridgehead atoms. The smallest absolute Gasteiger partial charge is 0.345 e. The van der Waals surface area contributed by atoms with Crippen LogP contribution in [0.3, 0.4) is 0 Å². The lowest BCUT2D eigenvalue weighted by Gasteiger charge is -2.22. The zero-order valence-corrected chi connectivity index (χ0v) is 11.9. The van der Waals surface area contributed by atoms with Crippen molar-refractivity contribution in [2.75, 3.05) is 7.05 Å². The molecule has 0 aliphatic rings. The maximum atomic E-state index is 10.8. The van der Waals surface area contributed by atoms with Crippen molar-refractivity contribution in [3.05, 3.63) is 44.3 Å². The molecule has 5 heteroatoms. The van der Waals surface area contributed by atoms with Crippen LogP contribution in [-0.4, -0.2) is 23.0 Å². The van der Waals surface area contributed by atoms with E-state index in [1.165, 1.54) is 16.2 Å². The van der Waals surface area contributed by atoms with Crippen molar-refractivity contribution in [1.82, 2.24) is 4.90 Å². The number of aromatic carboxylic acids is 1. The Morgan fingerprint density at radius 3 is 2.78 bits per heavy atom. The Morgan fingerprint density at radius 2 is 2.22 bits per heavy atom. The van der Waals surface area contributed by atoms with E-state index in [-0.39, 0.29) is 0 Å². The summed E-state index contributed by atoms with van der Waals surface area (Å²) in [6, 6.07) is 8.10. The predicted molar refractivity (Wildman–Crippen MR) is 75.5 cm³/mol. The molecular weight excluding hydrogens is 266 g/mol. The van der Waals surface area contributed by atoms with E-state index in [9.17, 15) is 4.79 Å². The van der Waals surface area contributed by atoms with Crippen LogP contribution in [0.4, 0.5) is 0 Å². The lowest BCUT2D eigenvalue weighted by atomic mass is 10.2. The first-order valence-electron chi connectivity index (χ1n) is 5.63. The van der Waals surface area contributed by atoms with Crippen molar-refractivity contribution in [3.63, 3.8) is 0 Å². The van der Waals surface area contributed by atoms with Crippen LogP contribution in [0.1, 0.15) is 32.4 Å². The van der Waals surface area contributed by atoms with Crippen molar-refractivity contribution < 1.29 is 9.90 Å². The van der Waals surface area contributed by atoms with Gasteiger partial charge in [-0.15, -0.1) is 22.7 Å². The molecule has 0 aliphatic carbocycles. The number of nitrogens with zero attached hydrogens (tertiary/aromatic N) is 1. The first kappa shape index (κ1) is 13.3. The quantitative estimate of drug-likeness (QED) is 0.908. The third-order valence-corrected chi connectivity index (χ3v) is 4.99. The first-order chi connectivity index (χ1) is 8.58. The Balaban J connectivity index is 2.02. The summed E-state index contributed by atoms with van der Waals surface area (Å²) in [5.74, 6) is -0.847. The molecule has 1 atom stereocenters. The fraction of sp³-hybridized carbons (Fsp3) is 0.308. The van der Waals surface area contributed by atoms with Gasteiger partial charge >= 0.3 is 5.97 Å². The third-order valence-electron chi connectivity index (χ3n) is 2.89. The normalized spacial score (nSPS) is 12.8. The lowest BCUT2D eigenvalue weighted by Crippen LogP contribution is -2.20. The molecule has 2 rings (SSSR count). The molecular formula is C13H15NO2S2. The summed E-state index contributed by atoms with van der Waals surface area (Å²) in [5.41, 5.74) is 0. The fourth-order valence-corrected chi connectivity index (χ4v) is 3.47. The van der Waals surface area contributed by atoms with E-state index in [0.717, 1.165) is 11.4 Å². The molecule has 2 heterocycles. The van der Waals surface area contributed by atoms with Gasteiger partial charge in [0.15, 0.2) is 0 Å². The molecule has 0 amide bonds. The van der Waals surface area contributed by atoms with Gasteiger partial charge in [0.05, 0.1) is 0 Å². The fourth-order valence-electron chi connectivity index (χ4n) is 1.71. The van der Waals surface area contributed by atoms with E-state index < -0.39 is 5.97 Å². The largest absolute Gasteiger partial charge is 0.477 e. The van der Waals surface area contributed by atoms with Crippen LogP contribution in [0.5, 0.6) is 0 Å². The summed E-state index contributed by atoms with van der Waals surface area (Å²) >= 11 is 3.09. The van der Waals surface area contributed by atoms with Gasteiger partial charge in [-0.1, -0.05) is 6.07 Å². The van der Waals surface area contributed by atoms with Gasteiger partial charge in [-0.2, -0.15) is 0 Å². The van der Waals surface area contributed by atoms with Gasteiger partial charge in [0.2, 0.25) is 0 Å². The highest BCUT2D eigenvalue weighted by Gasteiger charge is 2.14. The van der Waals surface area contributed by atoms with E-state index in [1.807, 2.05) is 6.07 Å². The van der Waals surface area contributed by atoms with Crippen LogP contribution in [0, 0.1) is 0 Å². The molecule has 0 saturated carbocycles. The molecule has 0 aliphatic heterocycles. The first-order valence-corrected chi connectivity index (χ1v) is 7.33. The zero-order valence-electron chi connectivity index (χ0n) is 10.3. The van der Waals surface area contributed by atoms with E-state index in [1.54, 1.807) is 17.4 Å². The number of hydrogen-bond donors (Lipinski definition) is 1. The van der Waals surface area contributed by atoms with E-state index in [0.29, 0.717) is 10.9 Å². The molecule has 2 aromatic heterocycles. The zero-order chi connectivity index (χ0) is 13.1. The van der Waals surface area contributed by atoms with Crippen LogP contribution >= 0.6 is 22.7 Å².